The van der Waals surface area contributed by atoms with Crippen LogP contribution in [-0.4, -0.2) is 38.3 Å². The summed E-state index contributed by atoms with van der Waals surface area (Å²) in [6.07, 6.45) is 4.92. The summed E-state index contributed by atoms with van der Waals surface area (Å²) >= 11 is 0. The predicted molar refractivity (Wildman–Crippen MR) is 97.9 cm³/mol. The van der Waals surface area contributed by atoms with Gasteiger partial charge in [0.15, 0.2) is 0 Å². The first kappa shape index (κ1) is 17.3. The van der Waals surface area contributed by atoms with Crippen LogP contribution in [0.3, 0.4) is 0 Å². The molecule has 2 aliphatic rings. The SMILES string of the molecule is Cc1occc1C(=O)N1CCCc2cc(S(=O)(=O)N3CCCC3)ccc21. The molecule has 1 amide bonds. The summed E-state index contributed by atoms with van der Waals surface area (Å²) in [5.41, 5.74) is 2.25. The number of carbonyl (C=O) groups excluding carboxylic acids is 1. The third kappa shape index (κ3) is 2.85. The van der Waals surface area contributed by atoms with Gasteiger partial charge in [0, 0.05) is 25.3 Å². The summed E-state index contributed by atoms with van der Waals surface area (Å²) in [5, 5.41) is 0. The molecule has 138 valence electrons. The van der Waals surface area contributed by atoms with Crippen molar-refractivity contribution in [1.82, 2.24) is 4.31 Å². The average molecular weight is 374 g/mol. The molecular weight excluding hydrogens is 352 g/mol. The highest BCUT2D eigenvalue weighted by molar-refractivity contribution is 7.89. The molecule has 4 rings (SSSR count). The van der Waals surface area contributed by atoms with E-state index in [-0.39, 0.29) is 5.91 Å². The fraction of sp³-hybridized carbons (Fsp3) is 0.421. The van der Waals surface area contributed by atoms with Gasteiger partial charge in [-0.25, -0.2) is 8.42 Å². The van der Waals surface area contributed by atoms with E-state index in [2.05, 4.69) is 0 Å². The third-order valence-corrected chi connectivity index (χ3v) is 7.10. The van der Waals surface area contributed by atoms with Crippen molar-refractivity contribution in [2.75, 3.05) is 24.5 Å². The van der Waals surface area contributed by atoms with Crippen LogP contribution in [0.2, 0.25) is 0 Å². The fourth-order valence-corrected chi connectivity index (χ4v) is 5.34. The van der Waals surface area contributed by atoms with Crippen molar-refractivity contribution in [3.63, 3.8) is 0 Å². The molecule has 0 atom stereocenters. The maximum Gasteiger partial charge on any atom is 0.261 e. The van der Waals surface area contributed by atoms with Crippen molar-refractivity contribution in [1.29, 1.82) is 0 Å². The zero-order chi connectivity index (χ0) is 18.3. The maximum absolute atomic E-state index is 12.9. The van der Waals surface area contributed by atoms with E-state index >= 15 is 0 Å². The van der Waals surface area contributed by atoms with Gasteiger partial charge < -0.3 is 9.32 Å². The van der Waals surface area contributed by atoms with E-state index in [1.807, 2.05) is 0 Å². The first-order valence-electron chi connectivity index (χ1n) is 8.97. The molecule has 1 saturated heterocycles. The molecule has 1 fully saturated rings. The molecular formula is C19H22N2O4S. The predicted octanol–water partition coefficient (Wildman–Crippen LogP) is 2.97. The smallest absolute Gasteiger partial charge is 0.261 e. The molecule has 1 aromatic carbocycles. The van der Waals surface area contributed by atoms with E-state index in [4.69, 9.17) is 4.42 Å². The highest BCUT2D eigenvalue weighted by Crippen LogP contribution is 2.32. The number of sulfonamides is 1. The number of aryl methyl sites for hydroxylation is 2. The first-order valence-corrected chi connectivity index (χ1v) is 10.4. The monoisotopic (exact) mass is 374 g/mol. The van der Waals surface area contributed by atoms with Gasteiger partial charge in [-0.3, -0.25) is 4.79 Å². The highest BCUT2D eigenvalue weighted by atomic mass is 32.2. The summed E-state index contributed by atoms with van der Waals surface area (Å²) in [7, 11) is -3.44. The van der Waals surface area contributed by atoms with Crippen molar-refractivity contribution in [2.24, 2.45) is 0 Å². The Kier molecular flexibility index (Phi) is 4.36. The van der Waals surface area contributed by atoms with Gasteiger partial charge in [-0.15, -0.1) is 0 Å². The van der Waals surface area contributed by atoms with Crippen molar-refractivity contribution in [2.45, 2.75) is 37.5 Å². The van der Waals surface area contributed by atoms with E-state index in [0.29, 0.717) is 35.9 Å². The lowest BCUT2D eigenvalue weighted by molar-refractivity contribution is 0.0983. The molecule has 3 heterocycles. The summed E-state index contributed by atoms with van der Waals surface area (Å²) in [5.74, 6) is 0.489. The number of amides is 1. The van der Waals surface area contributed by atoms with Crippen LogP contribution in [-0.2, 0) is 16.4 Å². The minimum Gasteiger partial charge on any atom is -0.469 e. The van der Waals surface area contributed by atoms with Crippen LogP contribution < -0.4 is 4.90 Å². The van der Waals surface area contributed by atoms with Gasteiger partial charge in [-0.05, 0) is 62.4 Å². The Hall–Kier alpha value is -2.12. The molecule has 1 aromatic heterocycles. The Labute approximate surface area is 153 Å². The lowest BCUT2D eigenvalue weighted by Crippen LogP contribution is -2.36. The zero-order valence-electron chi connectivity index (χ0n) is 14.8. The minimum atomic E-state index is -3.44. The molecule has 6 nitrogen and oxygen atoms in total. The quantitative estimate of drug-likeness (QED) is 0.828. The van der Waals surface area contributed by atoms with Crippen molar-refractivity contribution < 1.29 is 17.6 Å². The minimum absolute atomic E-state index is 0.104. The zero-order valence-corrected chi connectivity index (χ0v) is 15.6. The third-order valence-electron chi connectivity index (χ3n) is 5.21. The number of rotatable bonds is 3. The molecule has 2 aliphatic heterocycles. The number of furan rings is 1. The van der Waals surface area contributed by atoms with E-state index in [1.54, 1.807) is 40.4 Å². The Morgan fingerprint density at radius 1 is 1.08 bits per heavy atom. The van der Waals surface area contributed by atoms with Crippen LogP contribution in [0.4, 0.5) is 5.69 Å². The Morgan fingerprint density at radius 2 is 1.85 bits per heavy atom. The lowest BCUT2D eigenvalue weighted by Gasteiger charge is -2.30. The van der Waals surface area contributed by atoms with Gasteiger partial charge in [-0.1, -0.05) is 0 Å². The number of hydrogen-bond acceptors (Lipinski definition) is 4. The topological polar surface area (TPSA) is 70.8 Å². The first-order chi connectivity index (χ1) is 12.5. The molecule has 0 aliphatic carbocycles. The second-order valence-electron chi connectivity index (χ2n) is 6.85. The van der Waals surface area contributed by atoms with Crippen molar-refractivity contribution >= 4 is 21.6 Å². The lowest BCUT2D eigenvalue weighted by atomic mass is 10.0. The number of benzene rings is 1. The molecule has 26 heavy (non-hydrogen) atoms. The van der Waals surface area contributed by atoms with Crippen LogP contribution in [0.5, 0.6) is 0 Å². The van der Waals surface area contributed by atoms with E-state index in [9.17, 15) is 13.2 Å². The summed E-state index contributed by atoms with van der Waals surface area (Å²) < 4.78 is 32.4. The number of nitrogens with zero attached hydrogens (tertiary/aromatic N) is 2. The van der Waals surface area contributed by atoms with E-state index in [1.165, 1.54) is 6.26 Å². The maximum atomic E-state index is 12.9. The van der Waals surface area contributed by atoms with Gasteiger partial charge in [0.05, 0.1) is 16.7 Å². The van der Waals surface area contributed by atoms with Gasteiger partial charge >= 0.3 is 0 Å². The van der Waals surface area contributed by atoms with Crippen LogP contribution >= 0.6 is 0 Å². The molecule has 0 radical (unpaired) electrons. The van der Waals surface area contributed by atoms with Crippen molar-refractivity contribution in [3.05, 3.63) is 47.4 Å². The largest absolute Gasteiger partial charge is 0.469 e. The Balaban J connectivity index is 1.68. The van der Waals surface area contributed by atoms with Gasteiger partial charge in [0.1, 0.15) is 5.76 Å². The normalized spacial score (nSPS) is 18.1. The van der Waals surface area contributed by atoms with E-state index < -0.39 is 10.0 Å². The second kappa shape index (κ2) is 6.55. The van der Waals surface area contributed by atoms with Crippen molar-refractivity contribution in [3.8, 4) is 0 Å². The highest BCUT2D eigenvalue weighted by Gasteiger charge is 2.30. The van der Waals surface area contributed by atoms with Crippen LogP contribution in [0.25, 0.3) is 0 Å². The molecule has 0 N–H and O–H groups in total. The second-order valence-corrected chi connectivity index (χ2v) is 8.79. The average Bonchev–Trinajstić information content (AvgIpc) is 3.32. The molecule has 2 aromatic rings. The molecule has 0 spiro atoms. The van der Waals surface area contributed by atoms with Gasteiger partial charge in [-0.2, -0.15) is 4.31 Å². The number of fused-ring (bicyclic) bond motifs is 1. The molecule has 0 saturated carbocycles. The van der Waals surface area contributed by atoms with Crippen LogP contribution in [0.15, 0.2) is 39.8 Å². The summed E-state index contributed by atoms with van der Waals surface area (Å²) in [6, 6.07) is 6.81. The summed E-state index contributed by atoms with van der Waals surface area (Å²) in [4.78, 5) is 14.9. The molecule has 0 bridgehead atoms. The van der Waals surface area contributed by atoms with E-state index in [0.717, 1.165) is 36.9 Å². The fourth-order valence-electron chi connectivity index (χ4n) is 3.77. The summed E-state index contributed by atoms with van der Waals surface area (Å²) in [6.45, 7) is 3.56. The number of hydrogen-bond donors (Lipinski definition) is 0. The molecule has 7 heteroatoms. The standard InChI is InChI=1S/C19H22N2O4S/c1-14-17(8-12-25-14)19(22)21-11-4-5-15-13-16(6-7-18(15)21)26(23,24)20-9-2-3-10-20/h6-8,12-13H,2-5,9-11H2,1H3. The van der Waals surface area contributed by atoms with Crippen LogP contribution in [0, 0.1) is 6.92 Å². The van der Waals surface area contributed by atoms with Crippen LogP contribution in [0.1, 0.15) is 40.9 Å². The van der Waals surface area contributed by atoms with Gasteiger partial charge in [0.25, 0.3) is 5.91 Å². The van der Waals surface area contributed by atoms with Gasteiger partial charge in [0.2, 0.25) is 10.0 Å². The number of anilines is 1. The number of carbonyl (C=O) groups is 1. The Morgan fingerprint density at radius 3 is 2.54 bits per heavy atom. The molecule has 0 unspecified atom stereocenters. The Bertz CT molecular complexity index is 942.